The van der Waals surface area contributed by atoms with E-state index in [1.54, 1.807) is 26.1 Å². The minimum Gasteiger partial charge on any atom is -0.497 e. The highest BCUT2D eigenvalue weighted by Crippen LogP contribution is 2.12. The predicted octanol–water partition coefficient (Wildman–Crippen LogP) is 2.00. The Morgan fingerprint density at radius 1 is 1.21 bits per heavy atom. The molecule has 1 aliphatic heterocycles. The number of carbonyl (C=O) groups is 1. The molecule has 1 saturated heterocycles. The topological polar surface area (TPSA) is 86.4 Å². The molecule has 0 spiro atoms. The van der Waals surface area contributed by atoms with Crippen LogP contribution in [-0.4, -0.2) is 92.2 Å². The number of benzene rings is 1. The molecule has 0 saturated carbocycles. The summed E-state index contributed by atoms with van der Waals surface area (Å²) in [7, 11) is 5.17. The first kappa shape index (κ1) is 26.9. The monoisotopic (exact) mass is 570 g/mol. The van der Waals surface area contributed by atoms with Gasteiger partial charge in [-0.2, -0.15) is 0 Å². The van der Waals surface area contributed by atoms with Crippen LogP contribution in [0, 0.1) is 6.92 Å². The van der Waals surface area contributed by atoms with E-state index in [0.717, 1.165) is 68.9 Å². The third kappa shape index (κ3) is 8.50. The van der Waals surface area contributed by atoms with Crippen LogP contribution in [-0.2, 0) is 17.8 Å². The number of aliphatic imine (C=N–C) groups is 1. The van der Waals surface area contributed by atoms with Crippen LogP contribution >= 0.6 is 24.0 Å². The van der Waals surface area contributed by atoms with Gasteiger partial charge in [0.15, 0.2) is 5.96 Å². The summed E-state index contributed by atoms with van der Waals surface area (Å²) < 4.78 is 10.4. The van der Waals surface area contributed by atoms with E-state index in [1.807, 2.05) is 25.1 Å². The molecule has 0 atom stereocenters. The summed E-state index contributed by atoms with van der Waals surface area (Å²) in [5.41, 5.74) is 2.17. The summed E-state index contributed by atoms with van der Waals surface area (Å²) in [6.07, 6.45) is 0.857. The zero-order chi connectivity index (χ0) is 22.9. The zero-order valence-electron chi connectivity index (χ0n) is 19.9. The van der Waals surface area contributed by atoms with Crippen LogP contribution in [0.3, 0.4) is 0 Å². The Morgan fingerprint density at radius 3 is 2.48 bits per heavy atom. The van der Waals surface area contributed by atoms with E-state index in [0.29, 0.717) is 0 Å². The lowest BCUT2D eigenvalue weighted by Gasteiger charge is -2.36. The number of nitrogens with one attached hydrogen (secondary N) is 1. The fraction of sp³-hybridized carbons (Fsp3) is 0.522. The molecular weight excluding hydrogens is 535 g/mol. The number of guanidine groups is 1. The first-order chi connectivity index (χ1) is 15.4. The van der Waals surface area contributed by atoms with Crippen molar-refractivity contribution in [1.82, 2.24) is 25.2 Å². The van der Waals surface area contributed by atoms with Crippen molar-refractivity contribution in [3.63, 3.8) is 0 Å². The molecule has 1 aliphatic rings. The molecule has 10 heteroatoms. The summed E-state index contributed by atoms with van der Waals surface area (Å²) in [4.78, 5) is 22.8. The number of carbonyl (C=O) groups excluding carboxylic acids is 1. The van der Waals surface area contributed by atoms with E-state index < -0.39 is 0 Å². The molecule has 1 N–H and O–H groups in total. The number of halogens is 1. The highest BCUT2D eigenvalue weighted by Gasteiger charge is 2.21. The van der Waals surface area contributed by atoms with E-state index in [-0.39, 0.29) is 36.4 Å². The second kappa shape index (κ2) is 13.4. The molecule has 182 valence electrons. The van der Waals surface area contributed by atoms with Crippen LogP contribution in [0.15, 0.2) is 39.8 Å². The predicted molar refractivity (Wildman–Crippen MR) is 139 cm³/mol. The van der Waals surface area contributed by atoms with Gasteiger partial charge in [-0.05, 0) is 31.0 Å². The van der Waals surface area contributed by atoms with Crippen LogP contribution < -0.4 is 10.1 Å². The number of likely N-dealkylation sites (N-methyl/N-ethyl adjacent to an activating group) is 1. The summed E-state index contributed by atoms with van der Waals surface area (Å²) in [5.74, 6) is 2.45. The van der Waals surface area contributed by atoms with Crippen LogP contribution in [0.4, 0.5) is 0 Å². The average molecular weight is 570 g/mol. The average Bonchev–Trinajstić information content (AvgIpc) is 3.21. The lowest BCUT2D eigenvalue weighted by molar-refractivity contribution is -0.127. The second-order valence-corrected chi connectivity index (χ2v) is 8.14. The number of amides is 1. The Bertz CT molecular complexity index is 892. The zero-order valence-corrected chi connectivity index (χ0v) is 22.2. The summed E-state index contributed by atoms with van der Waals surface area (Å²) >= 11 is 0. The van der Waals surface area contributed by atoms with E-state index in [9.17, 15) is 4.79 Å². The van der Waals surface area contributed by atoms with Crippen molar-refractivity contribution in [2.45, 2.75) is 19.9 Å². The summed E-state index contributed by atoms with van der Waals surface area (Å²) in [6.45, 7) is 7.02. The van der Waals surface area contributed by atoms with Gasteiger partial charge in [0.2, 0.25) is 5.91 Å². The molecular formula is C23H35IN6O3. The van der Waals surface area contributed by atoms with Crippen molar-refractivity contribution >= 4 is 35.8 Å². The van der Waals surface area contributed by atoms with Gasteiger partial charge >= 0.3 is 0 Å². The van der Waals surface area contributed by atoms with Gasteiger partial charge in [-0.15, -0.1) is 24.0 Å². The number of piperazine rings is 1. The Labute approximate surface area is 213 Å². The van der Waals surface area contributed by atoms with Crippen molar-refractivity contribution < 1.29 is 14.1 Å². The molecule has 1 aromatic heterocycles. The number of methoxy groups -OCH3 is 1. The maximum Gasteiger partial charge on any atom is 0.243 e. The SMILES string of the molecule is COc1ccc(CCNC(=NCC(=O)N(C)C)N2CCN(Cc3cc(C)on3)CC2)cc1.I. The number of ether oxygens (including phenoxy) is 1. The smallest absolute Gasteiger partial charge is 0.243 e. The molecule has 1 amide bonds. The second-order valence-electron chi connectivity index (χ2n) is 8.14. The molecule has 3 rings (SSSR count). The third-order valence-electron chi connectivity index (χ3n) is 5.45. The molecule has 2 heterocycles. The fourth-order valence-corrected chi connectivity index (χ4v) is 3.50. The van der Waals surface area contributed by atoms with Crippen LogP contribution in [0.5, 0.6) is 5.75 Å². The van der Waals surface area contributed by atoms with E-state index >= 15 is 0 Å². The van der Waals surface area contributed by atoms with Crippen molar-refractivity contribution in [2.24, 2.45) is 4.99 Å². The number of rotatable bonds is 8. The van der Waals surface area contributed by atoms with Gasteiger partial charge in [0.05, 0.1) is 12.8 Å². The van der Waals surface area contributed by atoms with Crippen molar-refractivity contribution in [3.8, 4) is 5.75 Å². The molecule has 1 fully saturated rings. The highest BCUT2D eigenvalue weighted by molar-refractivity contribution is 14.0. The molecule has 9 nitrogen and oxygen atoms in total. The Kier molecular flexibility index (Phi) is 10.9. The Morgan fingerprint density at radius 2 is 1.91 bits per heavy atom. The number of hydrogen-bond donors (Lipinski definition) is 1. The molecule has 2 aromatic rings. The lowest BCUT2D eigenvalue weighted by Crippen LogP contribution is -2.52. The quantitative estimate of drug-likeness (QED) is 0.295. The first-order valence-electron chi connectivity index (χ1n) is 11.0. The molecule has 1 aromatic carbocycles. The fourth-order valence-electron chi connectivity index (χ4n) is 3.50. The molecule has 0 bridgehead atoms. The largest absolute Gasteiger partial charge is 0.497 e. The van der Waals surface area contributed by atoms with Crippen LogP contribution in [0.2, 0.25) is 0 Å². The number of hydrogen-bond acceptors (Lipinski definition) is 6. The maximum absolute atomic E-state index is 12.1. The van der Waals surface area contributed by atoms with Gasteiger partial charge in [0.1, 0.15) is 18.1 Å². The number of aryl methyl sites for hydroxylation is 1. The van der Waals surface area contributed by atoms with Gasteiger partial charge in [-0.25, -0.2) is 4.99 Å². The third-order valence-corrected chi connectivity index (χ3v) is 5.45. The lowest BCUT2D eigenvalue weighted by atomic mass is 10.1. The normalized spacial score (nSPS) is 14.5. The minimum atomic E-state index is -0.0144. The van der Waals surface area contributed by atoms with E-state index in [1.165, 1.54) is 5.56 Å². The summed E-state index contributed by atoms with van der Waals surface area (Å²) in [6, 6.07) is 10.0. The first-order valence-corrected chi connectivity index (χ1v) is 11.0. The van der Waals surface area contributed by atoms with Crippen LogP contribution in [0.25, 0.3) is 0 Å². The molecule has 0 unspecified atom stereocenters. The molecule has 0 radical (unpaired) electrons. The van der Waals surface area contributed by atoms with Gasteiger partial charge in [0.25, 0.3) is 0 Å². The van der Waals surface area contributed by atoms with Gasteiger partial charge in [-0.1, -0.05) is 17.3 Å². The Hall–Kier alpha value is -2.34. The van der Waals surface area contributed by atoms with E-state index in [4.69, 9.17) is 9.26 Å². The summed E-state index contributed by atoms with van der Waals surface area (Å²) in [5, 5.41) is 7.55. The van der Waals surface area contributed by atoms with Gasteiger partial charge in [0, 0.05) is 59.4 Å². The standard InChI is InChI=1S/C23H34N6O3.HI/c1-18-15-20(26-32-18)17-28-11-13-29(14-12-28)23(25-16-22(30)27(2)3)24-10-9-19-5-7-21(31-4)8-6-19;/h5-8,15H,9-14,16-17H2,1-4H3,(H,24,25);1H. The van der Waals surface area contributed by atoms with Crippen LogP contribution in [0.1, 0.15) is 17.0 Å². The van der Waals surface area contributed by atoms with Crippen molar-refractivity contribution in [3.05, 3.63) is 47.3 Å². The maximum atomic E-state index is 12.1. The Balaban J connectivity index is 0.00000385. The minimum absolute atomic E-state index is 0. The molecule has 0 aliphatic carbocycles. The van der Waals surface area contributed by atoms with Gasteiger partial charge < -0.3 is 24.4 Å². The van der Waals surface area contributed by atoms with Gasteiger partial charge in [-0.3, -0.25) is 9.69 Å². The molecule has 33 heavy (non-hydrogen) atoms. The number of nitrogens with zero attached hydrogens (tertiary/aromatic N) is 5. The van der Waals surface area contributed by atoms with Crippen molar-refractivity contribution in [1.29, 1.82) is 0 Å². The highest BCUT2D eigenvalue weighted by atomic mass is 127. The number of aromatic nitrogens is 1. The van der Waals surface area contributed by atoms with Crippen molar-refractivity contribution in [2.75, 3.05) is 60.5 Å². The van der Waals surface area contributed by atoms with E-state index in [2.05, 4.69) is 37.4 Å².